The molecule has 0 aliphatic carbocycles. The molecule has 0 saturated heterocycles. The molecule has 1 atom stereocenters. The minimum Gasteiger partial charge on any atom is -0.486 e. The Morgan fingerprint density at radius 2 is 2.13 bits per heavy atom. The van der Waals surface area contributed by atoms with Gasteiger partial charge in [-0.2, -0.15) is 0 Å². The zero-order valence-electron chi connectivity index (χ0n) is 9.03. The Labute approximate surface area is 90.2 Å². The van der Waals surface area contributed by atoms with E-state index in [4.69, 9.17) is 15.2 Å². The summed E-state index contributed by atoms with van der Waals surface area (Å²) in [5.41, 5.74) is 7.16. The lowest BCUT2D eigenvalue weighted by Crippen LogP contribution is -2.19. The van der Waals surface area contributed by atoms with Crippen LogP contribution in [0.1, 0.15) is 31.4 Å². The van der Waals surface area contributed by atoms with Crippen LogP contribution in [-0.4, -0.2) is 13.2 Å². The molecule has 2 N–H and O–H groups in total. The lowest BCUT2D eigenvalue weighted by Gasteiger charge is -2.23. The van der Waals surface area contributed by atoms with Gasteiger partial charge in [0.2, 0.25) is 0 Å². The van der Waals surface area contributed by atoms with Crippen molar-refractivity contribution in [2.45, 2.75) is 25.8 Å². The molecule has 3 heteroatoms. The summed E-state index contributed by atoms with van der Waals surface area (Å²) in [4.78, 5) is 0. The number of nitrogens with two attached hydrogens (primary N) is 1. The first-order chi connectivity index (χ1) is 7.33. The smallest absolute Gasteiger partial charge is 0.166 e. The van der Waals surface area contributed by atoms with Crippen molar-refractivity contribution in [3.63, 3.8) is 0 Å². The Hall–Kier alpha value is -1.22. The van der Waals surface area contributed by atoms with E-state index in [1.165, 1.54) is 0 Å². The van der Waals surface area contributed by atoms with E-state index in [0.717, 1.165) is 29.9 Å². The minimum atomic E-state index is 0.0478. The Morgan fingerprint density at radius 3 is 2.93 bits per heavy atom. The van der Waals surface area contributed by atoms with Crippen LogP contribution in [0.25, 0.3) is 0 Å². The highest BCUT2D eigenvalue weighted by Gasteiger charge is 2.18. The van der Waals surface area contributed by atoms with Gasteiger partial charge in [-0.25, -0.2) is 0 Å². The van der Waals surface area contributed by atoms with Crippen LogP contribution in [0.15, 0.2) is 18.2 Å². The third-order valence-electron chi connectivity index (χ3n) is 2.60. The molecule has 0 aromatic heterocycles. The largest absolute Gasteiger partial charge is 0.486 e. The molecule has 2 rings (SSSR count). The highest BCUT2D eigenvalue weighted by Crippen LogP contribution is 2.37. The van der Waals surface area contributed by atoms with Crippen molar-refractivity contribution in [2.24, 2.45) is 5.73 Å². The lowest BCUT2D eigenvalue weighted by atomic mass is 10.0. The SMILES string of the molecule is CCC[C@@H](N)c1cccc2c1OCCO2. The maximum absolute atomic E-state index is 6.09. The summed E-state index contributed by atoms with van der Waals surface area (Å²) in [5.74, 6) is 1.66. The normalized spacial score (nSPS) is 16.1. The fraction of sp³-hybridized carbons (Fsp3) is 0.500. The average molecular weight is 207 g/mol. The van der Waals surface area contributed by atoms with E-state index in [1.807, 2.05) is 18.2 Å². The molecule has 1 aromatic rings. The Bertz CT molecular complexity index is 338. The van der Waals surface area contributed by atoms with Gasteiger partial charge in [0.15, 0.2) is 11.5 Å². The monoisotopic (exact) mass is 207 g/mol. The summed E-state index contributed by atoms with van der Waals surface area (Å²) in [7, 11) is 0. The van der Waals surface area contributed by atoms with Gasteiger partial charge in [-0.1, -0.05) is 25.5 Å². The summed E-state index contributed by atoms with van der Waals surface area (Å²) in [6, 6.07) is 5.97. The van der Waals surface area contributed by atoms with Gasteiger partial charge in [-0.3, -0.25) is 0 Å². The van der Waals surface area contributed by atoms with Crippen LogP contribution in [-0.2, 0) is 0 Å². The van der Waals surface area contributed by atoms with Gasteiger partial charge in [0.05, 0.1) is 0 Å². The van der Waals surface area contributed by atoms with Crippen LogP contribution in [0.5, 0.6) is 11.5 Å². The molecule has 82 valence electrons. The third-order valence-corrected chi connectivity index (χ3v) is 2.60. The zero-order chi connectivity index (χ0) is 10.7. The fourth-order valence-corrected chi connectivity index (χ4v) is 1.85. The number of para-hydroxylation sites is 1. The van der Waals surface area contributed by atoms with Crippen LogP contribution in [0.2, 0.25) is 0 Å². The van der Waals surface area contributed by atoms with Crippen LogP contribution in [0.4, 0.5) is 0 Å². The van der Waals surface area contributed by atoms with Crippen molar-refractivity contribution in [1.82, 2.24) is 0 Å². The van der Waals surface area contributed by atoms with Crippen LogP contribution < -0.4 is 15.2 Å². The van der Waals surface area contributed by atoms with Gasteiger partial charge in [0.25, 0.3) is 0 Å². The van der Waals surface area contributed by atoms with Crippen LogP contribution in [0, 0.1) is 0 Å². The van der Waals surface area contributed by atoms with E-state index in [0.29, 0.717) is 13.2 Å². The summed E-state index contributed by atoms with van der Waals surface area (Å²) in [6.07, 6.45) is 2.05. The van der Waals surface area contributed by atoms with Gasteiger partial charge in [-0.05, 0) is 12.5 Å². The first kappa shape index (κ1) is 10.3. The molecule has 1 heterocycles. The Morgan fingerprint density at radius 1 is 1.33 bits per heavy atom. The molecule has 0 fully saturated rings. The molecule has 0 radical (unpaired) electrons. The van der Waals surface area contributed by atoms with Crippen molar-refractivity contribution in [3.05, 3.63) is 23.8 Å². The van der Waals surface area contributed by atoms with Crippen molar-refractivity contribution < 1.29 is 9.47 Å². The van der Waals surface area contributed by atoms with Crippen LogP contribution in [0.3, 0.4) is 0 Å². The van der Waals surface area contributed by atoms with Gasteiger partial charge in [0, 0.05) is 11.6 Å². The Balaban J connectivity index is 2.30. The van der Waals surface area contributed by atoms with E-state index in [-0.39, 0.29) is 6.04 Å². The van der Waals surface area contributed by atoms with E-state index < -0.39 is 0 Å². The molecule has 0 unspecified atom stereocenters. The predicted molar refractivity (Wildman–Crippen MR) is 59.3 cm³/mol. The van der Waals surface area contributed by atoms with Crippen molar-refractivity contribution in [2.75, 3.05) is 13.2 Å². The van der Waals surface area contributed by atoms with Crippen molar-refractivity contribution in [1.29, 1.82) is 0 Å². The van der Waals surface area contributed by atoms with Crippen LogP contribution >= 0.6 is 0 Å². The van der Waals surface area contributed by atoms with E-state index >= 15 is 0 Å². The molecule has 0 saturated carbocycles. The number of ether oxygens (including phenoxy) is 2. The first-order valence-electron chi connectivity index (χ1n) is 5.47. The summed E-state index contributed by atoms with van der Waals surface area (Å²) < 4.78 is 11.1. The minimum absolute atomic E-state index is 0.0478. The summed E-state index contributed by atoms with van der Waals surface area (Å²) >= 11 is 0. The van der Waals surface area contributed by atoms with Crippen molar-refractivity contribution >= 4 is 0 Å². The molecule has 3 nitrogen and oxygen atoms in total. The highest BCUT2D eigenvalue weighted by atomic mass is 16.6. The highest BCUT2D eigenvalue weighted by molar-refractivity contribution is 5.48. The van der Waals surface area contributed by atoms with Gasteiger partial charge in [0.1, 0.15) is 13.2 Å². The van der Waals surface area contributed by atoms with Crippen molar-refractivity contribution in [3.8, 4) is 11.5 Å². The summed E-state index contributed by atoms with van der Waals surface area (Å²) in [5, 5.41) is 0. The molecule has 1 aliphatic rings. The molecule has 15 heavy (non-hydrogen) atoms. The maximum Gasteiger partial charge on any atom is 0.166 e. The molecular formula is C12H17NO2. The fourth-order valence-electron chi connectivity index (χ4n) is 1.85. The van der Waals surface area contributed by atoms with E-state index in [1.54, 1.807) is 0 Å². The molecule has 0 amide bonds. The summed E-state index contributed by atoms with van der Waals surface area (Å²) in [6.45, 7) is 3.37. The van der Waals surface area contributed by atoms with Gasteiger partial charge in [-0.15, -0.1) is 0 Å². The second-order valence-corrected chi connectivity index (χ2v) is 3.77. The van der Waals surface area contributed by atoms with Gasteiger partial charge < -0.3 is 15.2 Å². The molecular weight excluding hydrogens is 190 g/mol. The maximum atomic E-state index is 6.09. The average Bonchev–Trinajstić information content (AvgIpc) is 2.28. The van der Waals surface area contributed by atoms with Gasteiger partial charge >= 0.3 is 0 Å². The lowest BCUT2D eigenvalue weighted by molar-refractivity contribution is 0.169. The van der Waals surface area contributed by atoms with E-state index in [9.17, 15) is 0 Å². The number of rotatable bonds is 3. The molecule has 0 spiro atoms. The topological polar surface area (TPSA) is 44.5 Å². The first-order valence-corrected chi connectivity index (χ1v) is 5.47. The standard InChI is InChI=1S/C12H17NO2/c1-2-4-10(13)9-5-3-6-11-12(9)15-8-7-14-11/h3,5-6,10H,2,4,7-8,13H2,1H3/t10-/m1/s1. The number of hydrogen-bond acceptors (Lipinski definition) is 3. The zero-order valence-corrected chi connectivity index (χ0v) is 9.03. The number of hydrogen-bond donors (Lipinski definition) is 1. The molecule has 1 aromatic carbocycles. The molecule has 0 bridgehead atoms. The quantitative estimate of drug-likeness (QED) is 0.826. The molecule has 1 aliphatic heterocycles. The van der Waals surface area contributed by atoms with E-state index in [2.05, 4.69) is 6.92 Å². The number of benzene rings is 1. The predicted octanol–water partition coefficient (Wildman–Crippen LogP) is 2.26. The number of fused-ring (bicyclic) bond motifs is 1. The second kappa shape index (κ2) is 4.53. The third kappa shape index (κ3) is 2.07. The second-order valence-electron chi connectivity index (χ2n) is 3.77. The Kier molecular flexibility index (Phi) is 3.11.